The molecule has 0 amide bonds. The maximum atomic E-state index is 8.67. The number of hydrogen-bond acceptors (Lipinski definition) is 2. The largest absolute Gasteiger partial charge is 0.395 e. The average Bonchev–Trinajstić information content (AvgIpc) is 2.30. The van der Waals surface area contributed by atoms with Gasteiger partial charge in [-0.15, -0.1) is 0 Å². The van der Waals surface area contributed by atoms with E-state index in [4.69, 9.17) is 5.11 Å². The summed E-state index contributed by atoms with van der Waals surface area (Å²) in [6.07, 6.45) is 1.71. The highest BCUT2D eigenvalue weighted by Crippen LogP contribution is 2.07. The fraction of sp³-hybridized carbons (Fsp3) is 0.467. The first-order valence-corrected chi connectivity index (χ1v) is 6.13. The molecule has 0 saturated carbocycles. The lowest BCUT2D eigenvalue weighted by atomic mass is 10.1. The zero-order valence-corrected chi connectivity index (χ0v) is 10.7. The van der Waals surface area contributed by atoms with E-state index in [1.54, 1.807) is 0 Å². The van der Waals surface area contributed by atoms with Gasteiger partial charge >= 0.3 is 0 Å². The summed E-state index contributed by atoms with van der Waals surface area (Å²) >= 11 is 0. The molecule has 0 aliphatic carbocycles. The normalized spacial score (nSPS) is 10.1. The van der Waals surface area contributed by atoms with Crippen molar-refractivity contribution in [3.63, 3.8) is 0 Å². The van der Waals surface area contributed by atoms with Crippen molar-refractivity contribution in [3.05, 3.63) is 35.4 Å². The molecule has 0 bridgehead atoms. The second-order valence-electron chi connectivity index (χ2n) is 4.21. The minimum absolute atomic E-state index is 0.131. The maximum Gasteiger partial charge on any atom is 0.0540 e. The molecule has 0 aromatic heterocycles. The fourth-order valence-electron chi connectivity index (χ4n) is 1.74. The summed E-state index contributed by atoms with van der Waals surface area (Å²) in [6.45, 7) is 4.39. The maximum absolute atomic E-state index is 8.67. The Balaban J connectivity index is 2.63. The molecule has 0 heterocycles. The SMILES string of the molecule is CCCN(C)Cc1cccc(C#CCCO)c1. The Hall–Kier alpha value is -1.30. The fourth-order valence-corrected chi connectivity index (χ4v) is 1.74. The van der Waals surface area contributed by atoms with Crippen molar-refractivity contribution in [3.8, 4) is 11.8 Å². The Morgan fingerprint density at radius 1 is 1.35 bits per heavy atom. The van der Waals surface area contributed by atoms with Crippen LogP contribution in [0.2, 0.25) is 0 Å². The van der Waals surface area contributed by atoms with Crippen LogP contribution >= 0.6 is 0 Å². The van der Waals surface area contributed by atoms with Crippen LogP contribution in [0.4, 0.5) is 0 Å². The van der Waals surface area contributed by atoms with Crippen LogP contribution in [0.5, 0.6) is 0 Å². The van der Waals surface area contributed by atoms with Gasteiger partial charge in [0, 0.05) is 18.5 Å². The summed E-state index contributed by atoms with van der Waals surface area (Å²) in [5, 5.41) is 8.67. The quantitative estimate of drug-likeness (QED) is 0.786. The summed E-state index contributed by atoms with van der Waals surface area (Å²) < 4.78 is 0. The zero-order chi connectivity index (χ0) is 12.5. The Morgan fingerprint density at radius 3 is 2.88 bits per heavy atom. The monoisotopic (exact) mass is 231 g/mol. The van der Waals surface area contributed by atoms with Gasteiger partial charge in [-0.1, -0.05) is 30.9 Å². The highest BCUT2D eigenvalue weighted by molar-refractivity contribution is 5.37. The summed E-state index contributed by atoms with van der Waals surface area (Å²) in [7, 11) is 2.13. The molecule has 0 aliphatic rings. The predicted octanol–water partition coefficient (Wildman–Crippen LogP) is 2.26. The molecule has 2 nitrogen and oxygen atoms in total. The number of hydrogen-bond donors (Lipinski definition) is 1. The first-order chi connectivity index (χ1) is 8.26. The molecule has 0 aliphatic heterocycles. The van der Waals surface area contributed by atoms with Crippen LogP contribution in [0, 0.1) is 11.8 Å². The van der Waals surface area contributed by atoms with Gasteiger partial charge in [0.2, 0.25) is 0 Å². The topological polar surface area (TPSA) is 23.5 Å². The van der Waals surface area contributed by atoms with Crippen LogP contribution in [0.3, 0.4) is 0 Å². The van der Waals surface area contributed by atoms with Gasteiger partial charge < -0.3 is 10.0 Å². The minimum atomic E-state index is 0.131. The number of benzene rings is 1. The Labute approximate surface area is 104 Å². The molecule has 0 saturated heterocycles. The van der Waals surface area contributed by atoms with E-state index in [1.807, 2.05) is 12.1 Å². The molecule has 0 radical (unpaired) electrons. The van der Waals surface area contributed by atoms with E-state index < -0.39 is 0 Å². The van der Waals surface area contributed by atoms with Crippen LogP contribution in [-0.4, -0.2) is 30.2 Å². The van der Waals surface area contributed by atoms with E-state index in [0.717, 1.165) is 18.7 Å². The van der Waals surface area contributed by atoms with Crippen LogP contribution in [-0.2, 0) is 6.54 Å². The second-order valence-corrected chi connectivity index (χ2v) is 4.21. The molecule has 2 heteroatoms. The predicted molar refractivity (Wildman–Crippen MR) is 71.6 cm³/mol. The summed E-state index contributed by atoms with van der Waals surface area (Å²) in [5.74, 6) is 6.01. The van der Waals surface area contributed by atoms with Crippen molar-refractivity contribution in [1.29, 1.82) is 0 Å². The van der Waals surface area contributed by atoms with Gasteiger partial charge in [0.15, 0.2) is 0 Å². The van der Waals surface area contributed by atoms with Crippen molar-refractivity contribution in [2.75, 3.05) is 20.2 Å². The molecule has 1 aromatic rings. The molecule has 1 N–H and O–H groups in total. The average molecular weight is 231 g/mol. The van der Waals surface area contributed by atoms with Gasteiger partial charge in [-0.25, -0.2) is 0 Å². The van der Waals surface area contributed by atoms with E-state index in [1.165, 1.54) is 12.0 Å². The lowest BCUT2D eigenvalue weighted by Crippen LogP contribution is -2.18. The highest BCUT2D eigenvalue weighted by atomic mass is 16.2. The molecular weight excluding hydrogens is 210 g/mol. The van der Waals surface area contributed by atoms with Crippen LogP contribution in [0.15, 0.2) is 24.3 Å². The number of aliphatic hydroxyl groups is 1. The third-order valence-electron chi connectivity index (χ3n) is 2.45. The van der Waals surface area contributed by atoms with Gasteiger partial charge in [-0.2, -0.15) is 0 Å². The third-order valence-corrected chi connectivity index (χ3v) is 2.45. The van der Waals surface area contributed by atoms with Gasteiger partial charge in [-0.3, -0.25) is 0 Å². The standard InChI is InChI=1S/C15H21NO/c1-3-10-16(2)13-15-9-6-8-14(12-15)7-4-5-11-17/h6,8-9,12,17H,3,5,10-11,13H2,1-2H3. The van der Waals surface area contributed by atoms with E-state index in [9.17, 15) is 0 Å². The van der Waals surface area contributed by atoms with Crippen molar-refractivity contribution < 1.29 is 5.11 Å². The van der Waals surface area contributed by atoms with Crippen molar-refractivity contribution in [1.82, 2.24) is 4.90 Å². The van der Waals surface area contributed by atoms with Gasteiger partial charge in [0.05, 0.1) is 6.61 Å². The van der Waals surface area contributed by atoms with Gasteiger partial charge in [0.25, 0.3) is 0 Å². The lowest BCUT2D eigenvalue weighted by Gasteiger charge is -2.15. The van der Waals surface area contributed by atoms with E-state index in [-0.39, 0.29) is 6.61 Å². The third kappa shape index (κ3) is 5.53. The van der Waals surface area contributed by atoms with Crippen molar-refractivity contribution >= 4 is 0 Å². The van der Waals surface area contributed by atoms with Gasteiger partial charge in [-0.05, 0) is 37.7 Å². The lowest BCUT2D eigenvalue weighted by molar-refractivity contribution is 0.305. The molecule has 17 heavy (non-hydrogen) atoms. The van der Waals surface area contributed by atoms with Gasteiger partial charge in [0.1, 0.15) is 0 Å². The molecular formula is C15H21NO. The Morgan fingerprint density at radius 2 is 2.18 bits per heavy atom. The molecule has 92 valence electrons. The van der Waals surface area contributed by atoms with Crippen molar-refractivity contribution in [2.24, 2.45) is 0 Å². The highest BCUT2D eigenvalue weighted by Gasteiger charge is 1.99. The molecule has 1 rings (SSSR count). The van der Waals surface area contributed by atoms with Crippen molar-refractivity contribution in [2.45, 2.75) is 26.3 Å². The Bertz CT molecular complexity index is 389. The van der Waals surface area contributed by atoms with Crippen LogP contribution in [0.1, 0.15) is 30.9 Å². The summed E-state index contributed by atoms with van der Waals surface area (Å²) in [6, 6.07) is 8.30. The molecule has 0 spiro atoms. The zero-order valence-electron chi connectivity index (χ0n) is 10.7. The summed E-state index contributed by atoms with van der Waals surface area (Å²) in [4.78, 5) is 2.31. The minimum Gasteiger partial charge on any atom is -0.395 e. The van der Waals surface area contributed by atoms with Crippen LogP contribution in [0.25, 0.3) is 0 Å². The molecule has 0 unspecified atom stereocenters. The second kappa shape index (κ2) is 7.89. The number of aliphatic hydroxyl groups excluding tert-OH is 1. The summed E-state index contributed by atoms with van der Waals surface area (Å²) in [5.41, 5.74) is 2.32. The first-order valence-electron chi connectivity index (χ1n) is 6.13. The van der Waals surface area contributed by atoms with E-state index in [2.05, 4.69) is 42.8 Å². The number of nitrogens with zero attached hydrogens (tertiary/aromatic N) is 1. The molecule has 0 fully saturated rings. The molecule has 1 aromatic carbocycles. The first kappa shape index (κ1) is 13.8. The van der Waals surface area contributed by atoms with E-state index >= 15 is 0 Å². The van der Waals surface area contributed by atoms with Crippen LogP contribution < -0.4 is 0 Å². The van der Waals surface area contributed by atoms with E-state index in [0.29, 0.717) is 6.42 Å². The smallest absolute Gasteiger partial charge is 0.0540 e. The Kier molecular flexibility index (Phi) is 6.39. The number of rotatable bonds is 5. The molecule has 0 atom stereocenters.